The second-order valence-electron chi connectivity index (χ2n) is 4.56. The first kappa shape index (κ1) is 10.7. The summed E-state index contributed by atoms with van der Waals surface area (Å²) in [6, 6.07) is 7.90. The van der Waals surface area contributed by atoms with Crippen molar-refractivity contribution >= 4 is 16.9 Å². The summed E-state index contributed by atoms with van der Waals surface area (Å²) in [6.07, 6.45) is 1.84. The third kappa shape index (κ3) is 1.40. The molecule has 0 atom stereocenters. The van der Waals surface area contributed by atoms with Crippen LogP contribution in [0, 0.1) is 6.92 Å². The number of hydrogen-bond donors (Lipinski definition) is 1. The van der Waals surface area contributed by atoms with Crippen molar-refractivity contribution in [3.05, 3.63) is 36.0 Å². The van der Waals surface area contributed by atoms with E-state index in [1.807, 2.05) is 37.4 Å². The number of fused-ring (bicyclic) bond motifs is 1. The molecule has 1 heterocycles. The molecule has 3 nitrogen and oxygen atoms in total. The van der Waals surface area contributed by atoms with E-state index in [-0.39, 0.29) is 0 Å². The molecule has 0 bridgehead atoms. The molecule has 0 spiro atoms. The van der Waals surface area contributed by atoms with Crippen LogP contribution in [0.3, 0.4) is 0 Å². The molecule has 0 radical (unpaired) electrons. The van der Waals surface area contributed by atoms with E-state index in [4.69, 9.17) is 0 Å². The van der Waals surface area contributed by atoms with Crippen molar-refractivity contribution in [2.75, 3.05) is 0 Å². The van der Waals surface area contributed by atoms with E-state index in [2.05, 4.69) is 0 Å². The highest BCUT2D eigenvalue weighted by molar-refractivity contribution is 5.86. The molecule has 0 saturated heterocycles. The van der Waals surface area contributed by atoms with Gasteiger partial charge in [-0.15, -0.1) is 0 Å². The number of hydrogen-bond acceptors (Lipinski definition) is 1. The van der Waals surface area contributed by atoms with Crippen LogP contribution in [0.1, 0.15) is 19.4 Å². The molecule has 1 aromatic carbocycles. The van der Waals surface area contributed by atoms with Crippen molar-refractivity contribution in [3.63, 3.8) is 0 Å². The van der Waals surface area contributed by atoms with Crippen LogP contribution in [0.5, 0.6) is 0 Å². The summed E-state index contributed by atoms with van der Waals surface area (Å²) in [5, 5.41) is 10.3. The molecule has 0 aliphatic rings. The van der Waals surface area contributed by atoms with Gasteiger partial charge in [0, 0.05) is 17.1 Å². The summed E-state index contributed by atoms with van der Waals surface area (Å²) in [6.45, 7) is 5.44. The molecule has 0 saturated carbocycles. The number of aryl methyl sites for hydroxylation is 1. The fourth-order valence-electron chi connectivity index (χ4n) is 1.91. The van der Waals surface area contributed by atoms with Crippen molar-refractivity contribution in [3.8, 4) is 0 Å². The number of aliphatic carboxylic acids is 1. The van der Waals surface area contributed by atoms with Crippen LogP contribution in [0.4, 0.5) is 0 Å². The lowest BCUT2D eigenvalue weighted by molar-refractivity contribution is -0.145. The van der Waals surface area contributed by atoms with E-state index in [1.54, 1.807) is 18.4 Å². The number of aromatic nitrogens is 1. The zero-order valence-corrected chi connectivity index (χ0v) is 9.69. The van der Waals surface area contributed by atoms with Crippen molar-refractivity contribution < 1.29 is 9.90 Å². The molecule has 1 aromatic heterocycles. The average molecular weight is 217 g/mol. The fourth-order valence-corrected chi connectivity index (χ4v) is 1.91. The molecule has 0 aliphatic carbocycles. The van der Waals surface area contributed by atoms with Crippen molar-refractivity contribution in [2.24, 2.45) is 0 Å². The standard InChI is InChI=1S/C13H15NO2/c1-9-5-4-6-11-10(9)7-8-14(11)13(2,3)12(15)16/h4-8H,1-3H3,(H,15,16). The SMILES string of the molecule is Cc1cccc2c1ccn2C(C)(C)C(=O)O. The Kier molecular flexibility index (Phi) is 2.26. The smallest absolute Gasteiger partial charge is 0.329 e. The summed E-state index contributed by atoms with van der Waals surface area (Å²) in [7, 11) is 0. The van der Waals surface area contributed by atoms with Gasteiger partial charge in [-0.25, -0.2) is 4.79 Å². The highest BCUT2D eigenvalue weighted by atomic mass is 16.4. The van der Waals surface area contributed by atoms with Crippen molar-refractivity contribution in [2.45, 2.75) is 26.3 Å². The van der Waals surface area contributed by atoms with Gasteiger partial charge in [0.15, 0.2) is 0 Å². The average Bonchev–Trinajstić information content (AvgIpc) is 2.63. The zero-order valence-electron chi connectivity index (χ0n) is 9.69. The molecule has 2 aromatic rings. The minimum Gasteiger partial charge on any atom is -0.480 e. The molecule has 1 N–H and O–H groups in total. The van der Waals surface area contributed by atoms with Gasteiger partial charge in [0.25, 0.3) is 0 Å². The lowest BCUT2D eigenvalue weighted by Gasteiger charge is -2.23. The van der Waals surface area contributed by atoms with E-state index >= 15 is 0 Å². The molecule has 2 rings (SSSR count). The van der Waals surface area contributed by atoms with Crippen molar-refractivity contribution in [1.29, 1.82) is 0 Å². The van der Waals surface area contributed by atoms with Crippen LogP contribution in [-0.4, -0.2) is 15.6 Å². The molecular weight excluding hydrogens is 202 g/mol. The Morgan fingerprint density at radius 1 is 1.31 bits per heavy atom. The summed E-state index contributed by atoms with van der Waals surface area (Å²) in [5.41, 5.74) is 1.21. The van der Waals surface area contributed by atoms with E-state index in [0.29, 0.717) is 0 Å². The second-order valence-corrected chi connectivity index (χ2v) is 4.56. The first-order valence-corrected chi connectivity index (χ1v) is 5.25. The fraction of sp³-hybridized carbons (Fsp3) is 0.308. The van der Waals surface area contributed by atoms with Crippen LogP contribution < -0.4 is 0 Å². The quantitative estimate of drug-likeness (QED) is 0.840. The summed E-state index contributed by atoms with van der Waals surface area (Å²) in [5.74, 6) is -0.827. The third-order valence-electron chi connectivity index (χ3n) is 3.08. The molecule has 0 unspecified atom stereocenters. The van der Waals surface area contributed by atoms with Gasteiger partial charge in [0.05, 0.1) is 0 Å². The number of carbonyl (C=O) groups is 1. The van der Waals surface area contributed by atoms with Gasteiger partial charge >= 0.3 is 5.97 Å². The largest absolute Gasteiger partial charge is 0.480 e. The minimum absolute atomic E-state index is 0.827. The zero-order chi connectivity index (χ0) is 11.9. The van der Waals surface area contributed by atoms with E-state index < -0.39 is 11.5 Å². The topological polar surface area (TPSA) is 42.2 Å². The molecule has 0 amide bonds. The number of benzene rings is 1. The molecule has 0 aliphatic heterocycles. The highest BCUT2D eigenvalue weighted by Crippen LogP contribution is 2.26. The monoisotopic (exact) mass is 217 g/mol. The minimum atomic E-state index is -0.921. The second kappa shape index (κ2) is 3.37. The lowest BCUT2D eigenvalue weighted by atomic mass is 10.1. The molecule has 16 heavy (non-hydrogen) atoms. The number of carboxylic acids is 1. The highest BCUT2D eigenvalue weighted by Gasteiger charge is 2.29. The van der Waals surface area contributed by atoms with Gasteiger partial charge in [0.1, 0.15) is 5.54 Å². The number of nitrogens with zero attached hydrogens (tertiary/aromatic N) is 1. The lowest BCUT2D eigenvalue weighted by Crippen LogP contribution is -2.34. The molecule has 0 fully saturated rings. The maximum Gasteiger partial charge on any atom is 0.329 e. The number of rotatable bonds is 2. The van der Waals surface area contributed by atoms with Crippen LogP contribution >= 0.6 is 0 Å². The Morgan fingerprint density at radius 2 is 2.00 bits per heavy atom. The number of carboxylic acid groups (broad SMARTS) is 1. The predicted molar refractivity (Wildman–Crippen MR) is 63.6 cm³/mol. The van der Waals surface area contributed by atoms with Gasteiger partial charge in [-0.3, -0.25) is 0 Å². The Hall–Kier alpha value is -1.77. The van der Waals surface area contributed by atoms with Gasteiger partial charge < -0.3 is 9.67 Å². The summed E-state index contributed by atoms with van der Waals surface area (Å²) >= 11 is 0. The first-order chi connectivity index (χ1) is 7.44. The Morgan fingerprint density at radius 3 is 2.62 bits per heavy atom. The van der Waals surface area contributed by atoms with E-state index in [0.717, 1.165) is 16.5 Å². The van der Waals surface area contributed by atoms with Crippen LogP contribution in [-0.2, 0) is 10.3 Å². The Bertz CT molecular complexity index is 552. The Balaban J connectivity index is 2.72. The molecule has 84 valence electrons. The van der Waals surface area contributed by atoms with Crippen LogP contribution in [0.25, 0.3) is 10.9 Å². The molecular formula is C13H15NO2. The maximum atomic E-state index is 11.2. The van der Waals surface area contributed by atoms with Crippen LogP contribution in [0.2, 0.25) is 0 Å². The van der Waals surface area contributed by atoms with Crippen molar-refractivity contribution in [1.82, 2.24) is 4.57 Å². The van der Waals surface area contributed by atoms with Gasteiger partial charge in [-0.1, -0.05) is 12.1 Å². The summed E-state index contributed by atoms with van der Waals surface area (Å²) in [4.78, 5) is 11.2. The van der Waals surface area contributed by atoms with Gasteiger partial charge in [-0.05, 0) is 38.5 Å². The van der Waals surface area contributed by atoms with E-state index in [1.165, 1.54) is 0 Å². The van der Waals surface area contributed by atoms with E-state index in [9.17, 15) is 9.90 Å². The van der Waals surface area contributed by atoms with Gasteiger partial charge in [-0.2, -0.15) is 0 Å². The molecule has 3 heteroatoms. The maximum absolute atomic E-state index is 11.2. The Labute approximate surface area is 94.3 Å². The normalized spacial score (nSPS) is 11.9. The first-order valence-electron chi connectivity index (χ1n) is 5.25. The third-order valence-corrected chi connectivity index (χ3v) is 3.08. The van der Waals surface area contributed by atoms with Crippen LogP contribution in [0.15, 0.2) is 30.5 Å². The predicted octanol–water partition coefficient (Wildman–Crippen LogP) is 2.77. The summed E-state index contributed by atoms with van der Waals surface area (Å²) < 4.78 is 1.80. The van der Waals surface area contributed by atoms with Gasteiger partial charge in [0.2, 0.25) is 0 Å².